The molecular formula is C23H30N6O4. The molecule has 176 valence electrons. The third kappa shape index (κ3) is 5.78. The van der Waals surface area contributed by atoms with E-state index in [0.29, 0.717) is 29.7 Å². The van der Waals surface area contributed by atoms with Gasteiger partial charge in [-0.25, -0.2) is 10.4 Å². The normalized spacial score (nSPS) is 17.3. The maximum atomic E-state index is 12.9. The molecule has 10 heteroatoms. The average Bonchev–Trinajstić information content (AvgIpc) is 2.84. The van der Waals surface area contributed by atoms with E-state index in [1.54, 1.807) is 32.2 Å². The van der Waals surface area contributed by atoms with Gasteiger partial charge in [0.15, 0.2) is 6.61 Å². The molecule has 2 aliphatic heterocycles. The van der Waals surface area contributed by atoms with Gasteiger partial charge in [0.2, 0.25) is 0 Å². The summed E-state index contributed by atoms with van der Waals surface area (Å²) in [6.45, 7) is 6.63. The summed E-state index contributed by atoms with van der Waals surface area (Å²) in [5.74, 6) is 0.419. The largest absolute Gasteiger partial charge is 0.482 e. The van der Waals surface area contributed by atoms with Gasteiger partial charge in [0, 0.05) is 26.2 Å². The van der Waals surface area contributed by atoms with Crippen molar-refractivity contribution in [3.05, 3.63) is 47.4 Å². The van der Waals surface area contributed by atoms with Crippen molar-refractivity contribution in [2.45, 2.75) is 33.7 Å². The number of benzene rings is 1. The fraction of sp³-hybridized carbons (Fsp3) is 0.391. The number of hydrazine groups is 1. The standard InChI is InChI=1S/C23H30N6O4/c1-5-14(3)11-25-23(32)18-10-17(27-20(6-2)29(18)24-4)22(31)26-12-15-7-8-19-16(9-15)28-21(30)13-33-19/h6-10,14,24H,5,11-13H2,1-4H3,(H,25,32)(H,26,31)(H,28,30)/b20-6-. The summed E-state index contributed by atoms with van der Waals surface area (Å²) < 4.78 is 5.35. The van der Waals surface area contributed by atoms with E-state index in [-0.39, 0.29) is 36.4 Å². The van der Waals surface area contributed by atoms with Crippen LogP contribution in [0.2, 0.25) is 0 Å². The first-order valence-electron chi connectivity index (χ1n) is 10.9. The Morgan fingerprint density at radius 1 is 1.30 bits per heavy atom. The van der Waals surface area contributed by atoms with Gasteiger partial charge in [-0.15, -0.1) is 0 Å². The number of amides is 3. The van der Waals surface area contributed by atoms with Gasteiger partial charge in [0.25, 0.3) is 17.7 Å². The molecule has 0 bridgehead atoms. The predicted octanol–water partition coefficient (Wildman–Crippen LogP) is 1.43. The number of nitrogens with one attached hydrogen (secondary N) is 4. The molecule has 4 N–H and O–H groups in total. The third-order valence-corrected chi connectivity index (χ3v) is 5.36. The van der Waals surface area contributed by atoms with Crippen molar-refractivity contribution in [3.8, 4) is 5.75 Å². The summed E-state index contributed by atoms with van der Waals surface area (Å²) in [6, 6.07) is 5.30. The number of anilines is 1. The third-order valence-electron chi connectivity index (χ3n) is 5.36. The highest BCUT2D eigenvalue weighted by Crippen LogP contribution is 2.28. The van der Waals surface area contributed by atoms with Gasteiger partial charge in [0.05, 0.1) is 5.69 Å². The molecule has 0 radical (unpaired) electrons. The molecule has 3 rings (SSSR count). The lowest BCUT2D eigenvalue weighted by molar-refractivity contribution is -0.119. The number of carbonyl (C=O) groups excluding carboxylic acids is 3. The van der Waals surface area contributed by atoms with Crippen LogP contribution >= 0.6 is 0 Å². The Morgan fingerprint density at radius 3 is 2.79 bits per heavy atom. The number of ether oxygens (including phenoxy) is 1. The molecule has 3 amide bonds. The topological polar surface area (TPSA) is 124 Å². The van der Waals surface area contributed by atoms with Crippen molar-refractivity contribution in [3.63, 3.8) is 0 Å². The van der Waals surface area contributed by atoms with Gasteiger partial charge >= 0.3 is 0 Å². The van der Waals surface area contributed by atoms with E-state index < -0.39 is 5.91 Å². The molecule has 10 nitrogen and oxygen atoms in total. The Hall–Kier alpha value is -3.66. The summed E-state index contributed by atoms with van der Waals surface area (Å²) in [6.07, 6.45) is 4.12. The minimum absolute atomic E-state index is 0.0145. The lowest BCUT2D eigenvalue weighted by Crippen LogP contribution is -2.44. The molecule has 1 unspecified atom stereocenters. The van der Waals surface area contributed by atoms with Crippen LogP contribution in [0.4, 0.5) is 5.69 Å². The van der Waals surface area contributed by atoms with Gasteiger partial charge in [-0.2, -0.15) is 0 Å². The highest BCUT2D eigenvalue weighted by Gasteiger charge is 2.27. The van der Waals surface area contributed by atoms with E-state index in [1.807, 2.05) is 6.07 Å². The molecule has 0 aromatic heterocycles. The van der Waals surface area contributed by atoms with Crippen molar-refractivity contribution in [1.29, 1.82) is 0 Å². The van der Waals surface area contributed by atoms with Crippen LogP contribution in [0, 0.1) is 5.92 Å². The number of aliphatic imine (C=N–C) groups is 1. The van der Waals surface area contributed by atoms with E-state index in [2.05, 4.69) is 40.2 Å². The van der Waals surface area contributed by atoms with Gasteiger partial charge < -0.3 is 20.7 Å². The summed E-state index contributed by atoms with van der Waals surface area (Å²) in [4.78, 5) is 41.6. The number of rotatable bonds is 8. The Morgan fingerprint density at radius 2 is 2.09 bits per heavy atom. The highest BCUT2D eigenvalue weighted by molar-refractivity contribution is 6.44. The van der Waals surface area contributed by atoms with Crippen molar-refractivity contribution < 1.29 is 19.1 Å². The minimum atomic E-state index is -0.421. The zero-order valence-electron chi connectivity index (χ0n) is 19.3. The van der Waals surface area contributed by atoms with Crippen LogP contribution in [0.5, 0.6) is 5.75 Å². The van der Waals surface area contributed by atoms with Crippen LogP contribution in [0.1, 0.15) is 32.8 Å². The summed E-state index contributed by atoms with van der Waals surface area (Å²) >= 11 is 0. The number of nitrogens with zero attached hydrogens (tertiary/aromatic N) is 2. The maximum Gasteiger partial charge on any atom is 0.270 e. The van der Waals surface area contributed by atoms with Gasteiger partial charge in [-0.3, -0.25) is 19.4 Å². The molecule has 2 heterocycles. The first-order chi connectivity index (χ1) is 15.9. The fourth-order valence-corrected chi connectivity index (χ4v) is 3.25. The molecule has 0 fully saturated rings. The average molecular weight is 455 g/mol. The second kappa shape index (κ2) is 10.8. The van der Waals surface area contributed by atoms with Crippen LogP contribution in [-0.2, 0) is 20.9 Å². The zero-order valence-corrected chi connectivity index (χ0v) is 19.3. The van der Waals surface area contributed by atoms with Gasteiger partial charge in [0.1, 0.15) is 23.0 Å². The molecule has 2 aliphatic rings. The quantitative estimate of drug-likeness (QED) is 0.471. The van der Waals surface area contributed by atoms with Crippen molar-refractivity contribution in [2.24, 2.45) is 10.9 Å². The van der Waals surface area contributed by atoms with Crippen molar-refractivity contribution in [2.75, 3.05) is 25.5 Å². The Kier molecular flexibility index (Phi) is 7.83. The molecule has 33 heavy (non-hydrogen) atoms. The highest BCUT2D eigenvalue weighted by atomic mass is 16.5. The molecule has 0 saturated carbocycles. The van der Waals surface area contributed by atoms with Gasteiger partial charge in [-0.1, -0.05) is 26.3 Å². The van der Waals surface area contributed by atoms with E-state index in [4.69, 9.17) is 4.74 Å². The monoisotopic (exact) mass is 454 g/mol. The SMILES string of the molecule is C/C=C1/N=C(C(=O)NCc2ccc3c(c2)NC(=O)CO3)C=C(C(=O)NCC(C)CC)N1NC. The number of fused-ring (bicyclic) bond motifs is 1. The molecule has 1 aromatic carbocycles. The molecule has 0 aliphatic carbocycles. The first kappa shape index (κ1) is 24.0. The van der Waals surface area contributed by atoms with Crippen LogP contribution < -0.4 is 26.1 Å². The van der Waals surface area contributed by atoms with Crippen LogP contribution in [0.25, 0.3) is 0 Å². The predicted molar refractivity (Wildman–Crippen MR) is 125 cm³/mol. The second-order valence-corrected chi connectivity index (χ2v) is 7.81. The smallest absolute Gasteiger partial charge is 0.270 e. The number of allylic oxidation sites excluding steroid dienone is 1. The van der Waals surface area contributed by atoms with Crippen LogP contribution in [-0.4, -0.2) is 48.6 Å². The Labute approximate surface area is 193 Å². The Bertz CT molecular complexity index is 1030. The number of hydrogen-bond donors (Lipinski definition) is 4. The maximum absolute atomic E-state index is 12.9. The van der Waals surface area contributed by atoms with E-state index in [1.165, 1.54) is 11.1 Å². The van der Waals surface area contributed by atoms with Gasteiger partial charge in [-0.05, 0) is 36.6 Å². The Balaban J connectivity index is 1.73. The molecular weight excluding hydrogens is 424 g/mol. The van der Waals surface area contributed by atoms with E-state index in [9.17, 15) is 14.4 Å². The lowest BCUT2D eigenvalue weighted by atomic mass is 10.1. The van der Waals surface area contributed by atoms with Crippen LogP contribution in [0.3, 0.4) is 0 Å². The van der Waals surface area contributed by atoms with Crippen molar-refractivity contribution >= 4 is 29.1 Å². The summed E-state index contributed by atoms with van der Waals surface area (Å²) in [5.41, 5.74) is 4.69. The number of hydrogen-bond acceptors (Lipinski definition) is 7. The van der Waals surface area contributed by atoms with Crippen molar-refractivity contribution in [1.82, 2.24) is 21.1 Å². The van der Waals surface area contributed by atoms with E-state index >= 15 is 0 Å². The molecule has 1 aromatic rings. The second-order valence-electron chi connectivity index (χ2n) is 7.81. The summed E-state index contributed by atoms with van der Waals surface area (Å²) in [5, 5.41) is 10.0. The first-order valence-corrected chi connectivity index (χ1v) is 10.9. The fourth-order valence-electron chi connectivity index (χ4n) is 3.25. The zero-order chi connectivity index (χ0) is 24.0. The minimum Gasteiger partial charge on any atom is -0.482 e. The van der Waals surface area contributed by atoms with E-state index in [0.717, 1.165) is 12.0 Å². The van der Waals surface area contributed by atoms with Crippen LogP contribution in [0.15, 0.2) is 46.9 Å². The lowest BCUT2D eigenvalue weighted by Gasteiger charge is -2.29. The molecule has 0 spiro atoms. The summed E-state index contributed by atoms with van der Waals surface area (Å²) in [7, 11) is 1.68. The number of carbonyl (C=O) groups is 3. The molecule has 0 saturated heterocycles. The molecule has 1 atom stereocenters.